The topological polar surface area (TPSA) is 104 Å². The number of hydrogen-bond acceptors (Lipinski definition) is 6. The zero-order valence-corrected chi connectivity index (χ0v) is 22.8. The highest BCUT2D eigenvalue weighted by Gasteiger charge is 2.37. The second-order valence-corrected chi connectivity index (χ2v) is 10.9. The number of fused-ring (bicyclic) bond motifs is 1. The van der Waals surface area contributed by atoms with Crippen molar-refractivity contribution in [2.75, 3.05) is 19.7 Å². The molecular weight excluding hydrogens is 686 g/mol. The van der Waals surface area contributed by atoms with Gasteiger partial charge >= 0.3 is 5.97 Å². The molecule has 8 nitrogen and oxygen atoms in total. The van der Waals surface area contributed by atoms with Gasteiger partial charge in [-0.2, -0.15) is 0 Å². The van der Waals surface area contributed by atoms with Gasteiger partial charge in [-0.05, 0) is 98.3 Å². The van der Waals surface area contributed by atoms with Crippen LogP contribution in [0.3, 0.4) is 0 Å². The molecule has 1 saturated heterocycles. The molecule has 176 valence electrons. The standard InChI is InChI=1S/C23H18I2N2O6S/c24-16-7-13(8-17(25)21(16)33-12-20(29)30)9-18-22(31)27(23(32)34-18)11-19(28)26-6-5-14-3-1-2-4-15(14)10-26/h1-4,7-9H,5-6,10-12H2,(H,29,30)/b18-9-. The van der Waals surface area contributed by atoms with Gasteiger partial charge in [0, 0.05) is 13.1 Å². The van der Waals surface area contributed by atoms with Gasteiger partial charge in [0.15, 0.2) is 6.61 Å². The Bertz CT molecular complexity index is 1210. The molecule has 0 saturated carbocycles. The number of hydrogen-bond donors (Lipinski definition) is 1. The van der Waals surface area contributed by atoms with Gasteiger partial charge in [0.05, 0.1) is 12.0 Å². The Kier molecular flexibility index (Phi) is 7.82. The van der Waals surface area contributed by atoms with Crippen LogP contribution in [-0.2, 0) is 27.3 Å². The van der Waals surface area contributed by atoms with Crippen molar-refractivity contribution < 1.29 is 29.0 Å². The van der Waals surface area contributed by atoms with Gasteiger partial charge in [0.25, 0.3) is 11.1 Å². The molecule has 0 spiro atoms. The highest BCUT2D eigenvalue weighted by atomic mass is 127. The number of thioether (sulfide) groups is 1. The Morgan fingerprint density at radius 3 is 2.47 bits per heavy atom. The lowest BCUT2D eigenvalue weighted by atomic mass is 10.00. The lowest BCUT2D eigenvalue weighted by Gasteiger charge is -2.29. The monoisotopic (exact) mass is 704 g/mol. The Morgan fingerprint density at radius 1 is 1.12 bits per heavy atom. The summed E-state index contributed by atoms with van der Waals surface area (Å²) in [4.78, 5) is 51.9. The van der Waals surface area contributed by atoms with Crippen LogP contribution < -0.4 is 4.74 Å². The van der Waals surface area contributed by atoms with Crippen LogP contribution in [0.5, 0.6) is 5.75 Å². The Morgan fingerprint density at radius 2 is 1.79 bits per heavy atom. The molecule has 0 aromatic heterocycles. The minimum absolute atomic E-state index is 0.229. The molecule has 3 amide bonds. The van der Waals surface area contributed by atoms with Crippen molar-refractivity contribution >= 4 is 86.0 Å². The SMILES string of the molecule is O=C(O)COc1c(I)cc(/C=C2\SC(=O)N(CC(=O)N3CCc4ccccc4C3)C2=O)cc1I. The molecule has 2 aromatic carbocycles. The van der Waals surface area contributed by atoms with Gasteiger partial charge in [-0.25, -0.2) is 4.79 Å². The lowest BCUT2D eigenvalue weighted by Crippen LogP contribution is -2.44. The van der Waals surface area contributed by atoms with E-state index in [4.69, 9.17) is 9.84 Å². The van der Waals surface area contributed by atoms with Crippen LogP contribution in [0.4, 0.5) is 4.79 Å². The molecule has 1 N–H and O–H groups in total. The largest absolute Gasteiger partial charge is 0.480 e. The average Bonchev–Trinajstić information content (AvgIpc) is 3.05. The van der Waals surface area contributed by atoms with E-state index in [1.807, 2.05) is 69.4 Å². The predicted molar refractivity (Wildman–Crippen MR) is 143 cm³/mol. The van der Waals surface area contributed by atoms with Crippen LogP contribution >= 0.6 is 56.9 Å². The molecule has 0 radical (unpaired) electrons. The Labute approximate surface area is 227 Å². The van der Waals surface area contributed by atoms with E-state index in [2.05, 4.69) is 0 Å². The number of carbonyl (C=O) groups excluding carboxylic acids is 3. The van der Waals surface area contributed by atoms with Crippen molar-refractivity contribution in [3.63, 3.8) is 0 Å². The van der Waals surface area contributed by atoms with Crippen LogP contribution in [0.25, 0.3) is 6.08 Å². The molecule has 11 heteroatoms. The minimum atomic E-state index is -1.08. The van der Waals surface area contributed by atoms with E-state index < -0.39 is 23.7 Å². The van der Waals surface area contributed by atoms with E-state index >= 15 is 0 Å². The highest BCUT2D eigenvalue weighted by molar-refractivity contribution is 14.1. The summed E-state index contributed by atoms with van der Waals surface area (Å²) in [6.07, 6.45) is 2.34. The Balaban J connectivity index is 1.45. The molecule has 34 heavy (non-hydrogen) atoms. The third-order valence-corrected chi connectivity index (χ3v) is 7.82. The number of imide groups is 1. The molecule has 2 aliphatic rings. The molecule has 0 atom stereocenters. The van der Waals surface area contributed by atoms with E-state index in [1.54, 1.807) is 23.1 Å². The second kappa shape index (κ2) is 10.6. The molecule has 0 bridgehead atoms. The van der Waals surface area contributed by atoms with Gasteiger partial charge in [0.1, 0.15) is 12.3 Å². The number of carbonyl (C=O) groups is 4. The molecule has 1 fully saturated rings. The van der Waals surface area contributed by atoms with Gasteiger partial charge in [-0.1, -0.05) is 24.3 Å². The van der Waals surface area contributed by atoms with E-state index in [-0.39, 0.29) is 17.4 Å². The number of rotatable bonds is 6. The fraction of sp³-hybridized carbons (Fsp3) is 0.217. The first-order valence-electron chi connectivity index (χ1n) is 10.2. The lowest BCUT2D eigenvalue weighted by molar-refractivity contribution is -0.139. The van der Waals surface area contributed by atoms with E-state index in [9.17, 15) is 19.2 Å². The number of halogens is 2. The fourth-order valence-electron chi connectivity index (χ4n) is 3.67. The number of carboxylic acid groups (broad SMARTS) is 1. The van der Waals surface area contributed by atoms with Crippen molar-refractivity contribution in [3.05, 3.63) is 65.1 Å². The van der Waals surface area contributed by atoms with Gasteiger partial charge < -0.3 is 14.7 Å². The summed E-state index contributed by atoms with van der Waals surface area (Å²) in [5.41, 5.74) is 2.96. The van der Waals surface area contributed by atoms with E-state index in [0.717, 1.165) is 28.6 Å². The van der Waals surface area contributed by atoms with Crippen molar-refractivity contribution in [1.29, 1.82) is 0 Å². The number of ether oxygens (including phenoxy) is 1. The molecule has 0 aliphatic carbocycles. The van der Waals surface area contributed by atoms with Crippen LogP contribution in [0, 0.1) is 7.14 Å². The first-order valence-corrected chi connectivity index (χ1v) is 13.1. The van der Waals surface area contributed by atoms with Crippen molar-refractivity contribution in [3.8, 4) is 5.75 Å². The zero-order valence-electron chi connectivity index (χ0n) is 17.6. The van der Waals surface area contributed by atoms with Crippen molar-refractivity contribution in [2.45, 2.75) is 13.0 Å². The maximum absolute atomic E-state index is 12.9. The first kappa shape index (κ1) is 25.0. The summed E-state index contributed by atoms with van der Waals surface area (Å²) in [7, 11) is 0. The van der Waals surface area contributed by atoms with E-state index in [1.165, 1.54) is 5.56 Å². The number of benzene rings is 2. The van der Waals surface area contributed by atoms with Crippen molar-refractivity contribution in [2.24, 2.45) is 0 Å². The number of amides is 3. The molecule has 0 unspecified atom stereocenters. The number of carboxylic acids is 1. The van der Waals surface area contributed by atoms with Crippen LogP contribution in [0.2, 0.25) is 0 Å². The predicted octanol–water partition coefficient (Wildman–Crippen LogP) is 3.98. The highest BCUT2D eigenvalue weighted by Crippen LogP contribution is 2.35. The minimum Gasteiger partial charge on any atom is -0.480 e. The molecule has 2 aliphatic heterocycles. The van der Waals surface area contributed by atoms with Gasteiger partial charge in [-0.15, -0.1) is 0 Å². The summed E-state index contributed by atoms with van der Waals surface area (Å²) in [6, 6.07) is 11.4. The van der Waals surface area contributed by atoms with E-state index in [0.29, 0.717) is 31.5 Å². The normalized spacial score (nSPS) is 16.7. The Hall–Kier alpha value is -2.13. The quantitative estimate of drug-likeness (QED) is 0.359. The van der Waals surface area contributed by atoms with Crippen LogP contribution in [0.15, 0.2) is 41.3 Å². The zero-order chi connectivity index (χ0) is 24.4. The molecule has 4 rings (SSSR count). The maximum Gasteiger partial charge on any atom is 0.341 e. The summed E-state index contributed by atoms with van der Waals surface area (Å²) in [5, 5.41) is 8.35. The van der Waals surface area contributed by atoms with Gasteiger partial charge in [0.2, 0.25) is 5.91 Å². The second-order valence-electron chi connectivity index (χ2n) is 7.60. The number of aliphatic carboxylic acids is 1. The summed E-state index contributed by atoms with van der Waals surface area (Å²) >= 11 is 4.85. The maximum atomic E-state index is 12.9. The average molecular weight is 704 g/mol. The summed E-state index contributed by atoms with van der Waals surface area (Å²) < 4.78 is 6.68. The fourth-order valence-corrected chi connectivity index (χ4v) is 6.63. The van der Waals surface area contributed by atoms with Crippen LogP contribution in [0.1, 0.15) is 16.7 Å². The third-order valence-electron chi connectivity index (χ3n) is 5.31. The first-order chi connectivity index (χ1) is 16.2. The molecular formula is C23H18I2N2O6S. The smallest absolute Gasteiger partial charge is 0.341 e. The summed E-state index contributed by atoms with van der Waals surface area (Å²) in [5.74, 6) is -1.39. The molecule has 2 heterocycles. The van der Waals surface area contributed by atoms with Crippen LogP contribution in [-0.4, -0.2) is 57.6 Å². The number of nitrogens with zero attached hydrogens (tertiary/aromatic N) is 2. The van der Waals surface area contributed by atoms with Crippen molar-refractivity contribution in [1.82, 2.24) is 9.80 Å². The molecule has 2 aromatic rings. The third kappa shape index (κ3) is 5.57. The summed E-state index contributed by atoms with van der Waals surface area (Å²) in [6.45, 7) is 0.269. The van der Waals surface area contributed by atoms with Gasteiger partial charge in [-0.3, -0.25) is 19.3 Å².